The van der Waals surface area contributed by atoms with Crippen LogP contribution in [0.3, 0.4) is 0 Å². The molecule has 0 aromatic carbocycles. The molecule has 0 aromatic rings. The smallest absolute Gasteiger partial charge is 0.0253 e. The third-order valence-electron chi connectivity index (χ3n) is 1.86. The summed E-state index contributed by atoms with van der Waals surface area (Å²) in [6.07, 6.45) is 4.48. The first-order valence-electron chi connectivity index (χ1n) is 3.44. The largest absolute Gasteiger partial charge is 0.772 e. The van der Waals surface area contributed by atoms with E-state index in [1.54, 1.807) is 0 Å². The molecule has 0 saturated carbocycles. The molecular weight excluding hydrogens is 148 g/mol. The van der Waals surface area contributed by atoms with Gasteiger partial charge in [0.1, 0.15) is 0 Å². The van der Waals surface area contributed by atoms with Crippen LogP contribution >= 0.6 is 0 Å². The van der Waals surface area contributed by atoms with Crippen molar-refractivity contribution in [2.45, 2.75) is 31.4 Å². The van der Waals surface area contributed by atoms with E-state index in [9.17, 15) is 8.76 Å². The van der Waals surface area contributed by atoms with Gasteiger partial charge in [-0.05, 0) is 26.2 Å². The van der Waals surface area contributed by atoms with E-state index in [1.807, 2.05) is 13.0 Å². The molecule has 3 heteroatoms. The molecule has 0 fully saturated rings. The molecule has 58 valence electrons. The van der Waals surface area contributed by atoms with Crippen molar-refractivity contribution >= 4 is 11.1 Å². The molecule has 0 amide bonds. The van der Waals surface area contributed by atoms with Gasteiger partial charge in [0.15, 0.2) is 0 Å². The summed E-state index contributed by atoms with van der Waals surface area (Å²) in [5.74, 6) is 0. The van der Waals surface area contributed by atoms with Crippen LogP contribution in [0.4, 0.5) is 0 Å². The predicted molar refractivity (Wildman–Crippen MR) is 40.3 cm³/mol. The SMILES string of the molecule is CC1=CCC(S(=O)[O-])CC1. The van der Waals surface area contributed by atoms with Crippen LogP contribution < -0.4 is 0 Å². The number of hydrogen-bond acceptors (Lipinski definition) is 2. The zero-order valence-corrected chi connectivity index (χ0v) is 6.82. The van der Waals surface area contributed by atoms with Crippen molar-refractivity contribution in [3.8, 4) is 0 Å². The Kier molecular flexibility index (Phi) is 2.63. The summed E-state index contributed by atoms with van der Waals surface area (Å²) in [6.45, 7) is 2.05. The Bertz CT molecular complexity index is 174. The van der Waals surface area contributed by atoms with E-state index in [1.165, 1.54) is 5.57 Å². The summed E-state index contributed by atoms with van der Waals surface area (Å²) in [5, 5.41) is -0.122. The van der Waals surface area contributed by atoms with E-state index in [0.29, 0.717) is 6.42 Å². The number of allylic oxidation sites excluding steroid dienone is 2. The van der Waals surface area contributed by atoms with Crippen molar-refractivity contribution in [1.29, 1.82) is 0 Å². The van der Waals surface area contributed by atoms with Crippen molar-refractivity contribution in [2.75, 3.05) is 0 Å². The molecule has 0 heterocycles. The van der Waals surface area contributed by atoms with Gasteiger partial charge in [0.05, 0.1) is 0 Å². The molecule has 2 nitrogen and oxygen atoms in total. The lowest BCUT2D eigenvalue weighted by molar-refractivity contribution is 0.511. The lowest BCUT2D eigenvalue weighted by Gasteiger charge is -2.22. The Labute approximate surface area is 63.6 Å². The van der Waals surface area contributed by atoms with Crippen molar-refractivity contribution in [3.05, 3.63) is 11.6 Å². The van der Waals surface area contributed by atoms with Crippen LogP contribution in [0.5, 0.6) is 0 Å². The Hall–Kier alpha value is -0.150. The topological polar surface area (TPSA) is 40.1 Å². The monoisotopic (exact) mass is 159 g/mol. The molecule has 2 atom stereocenters. The van der Waals surface area contributed by atoms with Gasteiger partial charge in [0.25, 0.3) is 0 Å². The van der Waals surface area contributed by atoms with Gasteiger partial charge >= 0.3 is 0 Å². The summed E-state index contributed by atoms with van der Waals surface area (Å²) < 4.78 is 20.9. The first-order chi connectivity index (χ1) is 4.70. The van der Waals surface area contributed by atoms with Crippen LogP contribution in [0.2, 0.25) is 0 Å². The van der Waals surface area contributed by atoms with E-state index >= 15 is 0 Å². The van der Waals surface area contributed by atoms with E-state index in [4.69, 9.17) is 0 Å². The van der Waals surface area contributed by atoms with Crippen LogP contribution in [0.25, 0.3) is 0 Å². The zero-order valence-electron chi connectivity index (χ0n) is 6.00. The average Bonchev–Trinajstić information content (AvgIpc) is 1.88. The van der Waals surface area contributed by atoms with Crippen LogP contribution in [0.1, 0.15) is 26.2 Å². The molecule has 10 heavy (non-hydrogen) atoms. The highest BCUT2D eigenvalue weighted by Crippen LogP contribution is 2.20. The summed E-state index contributed by atoms with van der Waals surface area (Å²) in [5.41, 5.74) is 1.32. The number of hydrogen-bond donors (Lipinski definition) is 0. The van der Waals surface area contributed by atoms with Crippen LogP contribution in [0, 0.1) is 0 Å². The van der Waals surface area contributed by atoms with E-state index in [-0.39, 0.29) is 5.25 Å². The number of rotatable bonds is 1. The van der Waals surface area contributed by atoms with Gasteiger partial charge in [-0.2, -0.15) is 0 Å². The second-order valence-corrected chi connectivity index (χ2v) is 3.90. The van der Waals surface area contributed by atoms with Crippen LogP contribution in [-0.4, -0.2) is 14.0 Å². The van der Waals surface area contributed by atoms with Crippen molar-refractivity contribution in [2.24, 2.45) is 0 Å². The molecule has 0 aliphatic heterocycles. The minimum absolute atomic E-state index is 0.122. The Morgan fingerprint density at radius 3 is 2.90 bits per heavy atom. The fourth-order valence-electron chi connectivity index (χ4n) is 1.12. The van der Waals surface area contributed by atoms with Crippen molar-refractivity contribution < 1.29 is 8.76 Å². The van der Waals surface area contributed by atoms with Gasteiger partial charge in [-0.15, -0.1) is 0 Å². The second-order valence-electron chi connectivity index (χ2n) is 2.71. The summed E-state index contributed by atoms with van der Waals surface area (Å²) in [7, 11) is 0. The maximum atomic E-state index is 10.4. The summed E-state index contributed by atoms with van der Waals surface area (Å²) >= 11 is -1.86. The Balaban J connectivity index is 2.50. The third-order valence-corrected chi connectivity index (χ3v) is 2.83. The fourth-order valence-corrected chi connectivity index (χ4v) is 1.68. The maximum Gasteiger partial charge on any atom is 0.0253 e. The molecule has 0 saturated heterocycles. The molecule has 2 unspecified atom stereocenters. The highest BCUT2D eigenvalue weighted by molar-refractivity contribution is 7.79. The third kappa shape index (κ3) is 1.92. The van der Waals surface area contributed by atoms with Gasteiger partial charge in [0, 0.05) is 5.25 Å². The van der Waals surface area contributed by atoms with Gasteiger partial charge in [-0.1, -0.05) is 22.7 Å². The highest BCUT2D eigenvalue weighted by Gasteiger charge is 2.11. The van der Waals surface area contributed by atoms with Gasteiger partial charge in [-0.3, -0.25) is 4.21 Å². The first kappa shape index (κ1) is 7.95. The molecule has 1 rings (SSSR count). The standard InChI is InChI=1S/C7H12O2S/c1-6-2-4-7(5-3-6)10(8)9/h2,7H,3-5H2,1H3,(H,8,9)/p-1. The lowest BCUT2D eigenvalue weighted by atomic mass is 10.0. The zero-order chi connectivity index (χ0) is 7.56. The molecule has 0 spiro atoms. The quantitative estimate of drug-likeness (QED) is 0.428. The summed E-state index contributed by atoms with van der Waals surface area (Å²) in [6, 6.07) is 0. The van der Waals surface area contributed by atoms with Gasteiger partial charge < -0.3 is 4.55 Å². The molecule has 0 N–H and O–H groups in total. The predicted octanol–water partition coefficient (Wildman–Crippen LogP) is 1.36. The molecule has 0 radical (unpaired) electrons. The molecule has 0 bridgehead atoms. The molecule has 1 aliphatic rings. The minimum atomic E-state index is -1.86. The lowest BCUT2D eigenvalue weighted by Crippen LogP contribution is -2.16. The van der Waals surface area contributed by atoms with E-state index in [0.717, 1.165) is 12.8 Å². The van der Waals surface area contributed by atoms with Gasteiger partial charge in [-0.25, -0.2) is 0 Å². The van der Waals surface area contributed by atoms with Crippen molar-refractivity contribution in [3.63, 3.8) is 0 Å². The van der Waals surface area contributed by atoms with E-state index in [2.05, 4.69) is 0 Å². The van der Waals surface area contributed by atoms with Crippen LogP contribution in [0.15, 0.2) is 11.6 Å². The van der Waals surface area contributed by atoms with Crippen LogP contribution in [-0.2, 0) is 11.1 Å². The van der Waals surface area contributed by atoms with Gasteiger partial charge in [0.2, 0.25) is 0 Å². The Morgan fingerprint density at radius 2 is 2.50 bits per heavy atom. The van der Waals surface area contributed by atoms with E-state index < -0.39 is 11.1 Å². The second kappa shape index (κ2) is 3.30. The van der Waals surface area contributed by atoms with Crippen molar-refractivity contribution in [1.82, 2.24) is 0 Å². The minimum Gasteiger partial charge on any atom is -0.772 e. The maximum absolute atomic E-state index is 10.4. The molecular formula is C7H11O2S-. The molecule has 0 aromatic heterocycles. The normalized spacial score (nSPS) is 29.4. The highest BCUT2D eigenvalue weighted by atomic mass is 32.2. The summed E-state index contributed by atoms with van der Waals surface area (Å²) in [4.78, 5) is 0. The molecule has 1 aliphatic carbocycles. The first-order valence-corrected chi connectivity index (χ1v) is 4.57. The Morgan fingerprint density at radius 1 is 1.80 bits per heavy atom. The average molecular weight is 159 g/mol. The fraction of sp³-hybridized carbons (Fsp3) is 0.714.